The van der Waals surface area contributed by atoms with Gasteiger partial charge in [-0.25, -0.2) is 0 Å². The molecule has 0 bridgehead atoms. The van der Waals surface area contributed by atoms with Crippen molar-refractivity contribution in [3.63, 3.8) is 0 Å². The van der Waals surface area contributed by atoms with Crippen molar-refractivity contribution in [2.75, 3.05) is 20.2 Å². The lowest BCUT2D eigenvalue weighted by atomic mass is 10.0. The van der Waals surface area contributed by atoms with Crippen LogP contribution in [0.3, 0.4) is 0 Å². The summed E-state index contributed by atoms with van der Waals surface area (Å²) in [5.41, 5.74) is 1.53. The van der Waals surface area contributed by atoms with Crippen LogP contribution in [0.25, 0.3) is 0 Å². The quantitative estimate of drug-likeness (QED) is 0.879. The van der Waals surface area contributed by atoms with Crippen LogP contribution >= 0.6 is 0 Å². The minimum atomic E-state index is -0.261. The van der Waals surface area contributed by atoms with E-state index >= 15 is 0 Å². The largest absolute Gasteiger partial charge is 0.507 e. The van der Waals surface area contributed by atoms with Gasteiger partial charge in [-0.3, -0.25) is 9.69 Å². The van der Waals surface area contributed by atoms with Crippen molar-refractivity contribution in [3.05, 3.63) is 59.7 Å². The van der Waals surface area contributed by atoms with Gasteiger partial charge in [0.25, 0.3) is 5.91 Å². The van der Waals surface area contributed by atoms with E-state index in [1.807, 2.05) is 18.2 Å². The molecular weight excluding hydrogens is 316 g/mol. The summed E-state index contributed by atoms with van der Waals surface area (Å²) in [5.74, 6) is 0.260. The van der Waals surface area contributed by atoms with E-state index in [1.54, 1.807) is 12.1 Å². The van der Waals surface area contributed by atoms with Gasteiger partial charge in [-0.2, -0.15) is 0 Å². The van der Waals surface area contributed by atoms with E-state index in [9.17, 15) is 9.90 Å². The Morgan fingerprint density at radius 1 is 1.28 bits per heavy atom. The Labute approximate surface area is 148 Å². The smallest absolute Gasteiger partial charge is 0.255 e. The van der Waals surface area contributed by atoms with E-state index in [-0.39, 0.29) is 23.3 Å². The molecule has 1 atom stereocenters. The van der Waals surface area contributed by atoms with Crippen molar-refractivity contribution < 1.29 is 14.6 Å². The summed E-state index contributed by atoms with van der Waals surface area (Å²) in [6, 6.07) is 15.1. The second-order valence-electron chi connectivity index (χ2n) is 6.42. The second-order valence-corrected chi connectivity index (χ2v) is 6.42. The molecule has 2 aromatic rings. The van der Waals surface area contributed by atoms with Crippen molar-refractivity contribution in [2.24, 2.45) is 0 Å². The summed E-state index contributed by atoms with van der Waals surface area (Å²) >= 11 is 0. The molecule has 132 valence electrons. The predicted molar refractivity (Wildman–Crippen MR) is 96.9 cm³/mol. The third kappa shape index (κ3) is 4.51. The highest BCUT2D eigenvalue weighted by Gasteiger charge is 2.23. The number of carbonyl (C=O) groups excluding carboxylic acids is 1. The first-order valence-corrected chi connectivity index (χ1v) is 8.60. The van der Waals surface area contributed by atoms with E-state index in [0.29, 0.717) is 5.75 Å². The maximum Gasteiger partial charge on any atom is 0.255 e. The molecule has 3 rings (SSSR count). The number of amides is 1. The van der Waals surface area contributed by atoms with Crippen molar-refractivity contribution >= 4 is 5.91 Å². The van der Waals surface area contributed by atoms with E-state index in [2.05, 4.69) is 22.3 Å². The van der Waals surface area contributed by atoms with Crippen LogP contribution in [0.15, 0.2) is 48.5 Å². The molecule has 25 heavy (non-hydrogen) atoms. The fraction of sp³-hybridized carbons (Fsp3) is 0.350. The van der Waals surface area contributed by atoms with Crippen LogP contribution in [0.2, 0.25) is 0 Å². The van der Waals surface area contributed by atoms with Crippen LogP contribution in [0.4, 0.5) is 0 Å². The fourth-order valence-electron chi connectivity index (χ4n) is 3.25. The lowest BCUT2D eigenvalue weighted by Crippen LogP contribution is -2.47. The fourth-order valence-corrected chi connectivity index (χ4v) is 3.25. The molecule has 1 saturated heterocycles. The van der Waals surface area contributed by atoms with Crippen molar-refractivity contribution in [2.45, 2.75) is 25.4 Å². The normalized spacial score (nSPS) is 17.9. The van der Waals surface area contributed by atoms with E-state index in [4.69, 9.17) is 4.74 Å². The topological polar surface area (TPSA) is 61.8 Å². The minimum absolute atomic E-state index is 0.0322. The molecule has 5 nitrogen and oxygen atoms in total. The molecule has 1 aliphatic heterocycles. The van der Waals surface area contributed by atoms with E-state index in [1.165, 1.54) is 18.7 Å². The zero-order chi connectivity index (χ0) is 17.6. The Morgan fingerprint density at radius 2 is 2.08 bits per heavy atom. The number of carbonyl (C=O) groups is 1. The van der Waals surface area contributed by atoms with Crippen molar-refractivity contribution in [1.82, 2.24) is 10.2 Å². The number of ether oxygens (including phenoxy) is 1. The number of phenolic OH excluding ortho intramolecular Hbond substituents is 1. The van der Waals surface area contributed by atoms with Crippen LogP contribution in [-0.4, -0.2) is 42.2 Å². The molecule has 0 saturated carbocycles. The highest BCUT2D eigenvalue weighted by molar-refractivity contribution is 5.97. The number of hydrogen-bond donors (Lipinski definition) is 2. The summed E-state index contributed by atoms with van der Waals surface area (Å²) < 4.78 is 5.13. The Kier molecular flexibility index (Phi) is 5.56. The van der Waals surface area contributed by atoms with E-state index < -0.39 is 0 Å². The van der Waals surface area contributed by atoms with Crippen LogP contribution < -0.4 is 10.1 Å². The Hall–Kier alpha value is -2.53. The van der Waals surface area contributed by atoms with Crippen LogP contribution in [0, 0.1) is 0 Å². The van der Waals surface area contributed by atoms with Crippen LogP contribution in [0.5, 0.6) is 11.5 Å². The summed E-state index contributed by atoms with van der Waals surface area (Å²) in [4.78, 5) is 14.9. The minimum Gasteiger partial charge on any atom is -0.507 e. The predicted octanol–water partition coefficient (Wildman–Crippen LogP) is 2.80. The van der Waals surface area contributed by atoms with Gasteiger partial charge in [-0.05, 0) is 43.1 Å². The molecule has 1 fully saturated rings. The lowest BCUT2D eigenvalue weighted by molar-refractivity contribution is 0.0898. The van der Waals surface area contributed by atoms with Gasteiger partial charge in [0, 0.05) is 19.1 Å². The molecule has 1 aliphatic rings. The number of piperidine rings is 1. The standard InChI is InChI=1S/C20H24N2O3/c1-25-17-9-10-19(23)18(12-17)20(24)21-16-8-5-11-22(14-16)13-15-6-3-2-4-7-15/h2-4,6-7,9-10,12,16,23H,5,8,11,13-14H2,1H3,(H,21,24). The number of rotatable bonds is 5. The molecule has 1 unspecified atom stereocenters. The van der Waals surface area contributed by atoms with Gasteiger partial charge in [-0.15, -0.1) is 0 Å². The second kappa shape index (κ2) is 8.03. The Bertz CT molecular complexity index is 718. The van der Waals surface area contributed by atoms with Gasteiger partial charge >= 0.3 is 0 Å². The Balaban J connectivity index is 1.61. The zero-order valence-corrected chi connectivity index (χ0v) is 14.4. The maximum atomic E-state index is 12.5. The molecular formula is C20H24N2O3. The van der Waals surface area contributed by atoms with Gasteiger partial charge in [0.05, 0.1) is 12.7 Å². The average molecular weight is 340 g/mol. The molecule has 0 spiro atoms. The van der Waals surface area contributed by atoms with Crippen molar-refractivity contribution in [3.8, 4) is 11.5 Å². The van der Waals surface area contributed by atoms with Crippen LogP contribution in [0.1, 0.15) is 28.8 Å². The molecule has 1 heterocycles. The molecule has 1 amide bonds. The summed E-state index contributed by atoms with van der Waals surface area (Å²) in [5, 5.41) is 13.0. The number of benzene rings is 2. The first kappa shape index (κ1) is 17.3. The average Bonchev–Trinajstić information content (AvgIpc) is 2.63. The molecule has 2 N–H and O–H groups in total. The molecule has 2 aromatic carbocycles. The molecule has 0 radical (unpaired) electrons. The zero-order valence-electron chi connectivity index (χ0n) is 14.4. The van der Waals surface area contributed by atoms with Gasteiger partial charge in [0.2, 0.25) is 0 Å². The summed E-state index contributed by atoms with van der Waals surface area (Å²) in [6.45, 7) is 2.73. The number of nitrogens with one attached hydrogen (secondary N) is 1. The van der Waals surface area contributed by atoms with Gasteiger partial charge < -0.3 is 15.2 Å². The van der Waals surface area contributed by atoms with Gasteiger partial charge in [0.1, 0.15) is 11.5 Å². The number of phenols is 1. The Morgan fingerprint density at radius 3 is 2.84 bits per heavy atom. The van der Waals surface area contributed by atoms with Gasteiger partial charge in [0.15, 0.2) is 0 Å². The SMILES string of the molecule is COc1ccc(O)c(C(=O)NC2CCCN(Cc3ccccc3)C2)c1. The first-order valence-electron chi connectivity index (χ1n) is 8.60. The number of hydrogen-bond acceptors (Lipinski definition) is 4. The summed E-state index contributed by atoms with van der Waals surface area (Å²) in [6.07, 6.45) is 1.99. The third-order valence-corrected chi connectivity index (χ3v) is 4.54. The maximum absolute atomic E-state index is 12.5. The van der Waals surface area contributed by atoms with Gasteiger partial charge in [-0.1, -0.05) is 30.3 Å². The lowest BCUT2D eigenvalue weighted by Gasteiger charge is -2.33. The highest BCUT2D eigenvalue weighted by Crippen LogP contribution is 2.23. The molecule has 0 aliphatic carbocycles. The van der Waals surface area contributed by atoms with E-state index in [0.717, 1.165) is 32.5 Å². The molecule has 5 heteroatoms. The first-order chi connectivity index (χ1) is 12.2. The van der Waals surface area contributed by atoms with Crippen LogP contribution in [-0.2, 0) is 6.54 Å². The number of nitrogens with zero attached hydrogens (tertiary/aromatic N) is 1. The number of aromatic hydroxyl groups is 1. The number of methoxy groups -OCH3 is 1. The summed E-state index contributed by atoms with van der Waals surface area (Å²) in [7, 11) is 1.54. The van der Waals surface area contributed by atoms with Crippen molar-refractivity contribution in [1.29, 1.82) is 0 Å². The number of likely N-dealkylation sites (tertiary alicyclic amines) is 1. The third-order valence-electron chi connectivity index (χ3n) is 4.54. The highest BCUT2D eigenvalue weighted by atomic mass is 16.5. The molecule has 0 aromatic heterocycles. The monoisotopic (exact) mass is 340 g/mol.